The maximum Gasteiger partial charge on any atom is 0.139 e. The van der Waals surface area contributed by atoms with Crippen molar-refractivity contribution in [3.63, 3.8) is 0 Å². The summed E-state index contributed by atoms with van der Waals surface area (Å²) in [6.07, 6.45) is 3.18. The summed E-state index contributed by atoms with van der Waals surface area (Å²) in [6, 6.07) is 26.8. The van der Waals surface area contributed by atoms with Crippen LogP contribution < -0.4 is 0 Å². The van der Waals surface area contributed by atoms with Crippen molar-refractivity contribution >= 4 is 21.8 Å². The quantitative estimate of drug-likeness (QED) is 0.488. The topological polar surface area (TPSA) is 43.0 Å². The summed E-state index contributed by atoms with van der Waals surface area (Å²) < 4.78 is 4.24. The molecule has 5 rings (SSSR count). The molecule has 0 bridgehead atoms. The Morgan fingerprint density at radius 2 is 1.36 bits per heavy atom. The van der Waals surface area contributed by atoms with Gasteiger partial charge in [-0.2, -0.15) is 0 Å². The van der Waals surface area contributed by atoms with Gasteiger partial charge in [-0.3, -0.25) is 0 Å². The van der Waals surface area contributed by atoms with E-state index in [1.54, 1.807) is 6.20 Å². The summed E-state index contributed by atoms with van der Waals surface area (Å²) >= 11 is 0. The highest BCUT2D eigenvalue weighted by Crippen LogP contribution is 2.29. The van der Waals surface area contributed by atoms with Crippen molar-refractivity contribution in [2.75, 3.05) is 0 Å². The summed E-state index contributed by atoms with van der Waals surface area (Å²) in [4.78, 5) is 4.48. The summed E-state index contributed by atoms with van der Waals surface area (Å²) in [5.41, 5.74) is 3.35. The van der Waals surface area contributed by atoms with Crippen LogP contribution in [0.2, 0.25) is 0 Å². The Morgan fingerprint density at radius 3 is 2.04 bits per heavy atom. The predicted octanol–water partition coefficient (Wildman–Crippen LogP) is 4.72. The zero-order valence-electron chi connectivity index (χ0n) is 15.4. The van der Waals surface area contributed by atoms with Gasteiger partial charge in [0.05, 0.1) is 19.2 Å². The van der Waals surface area contributed by atoms with Crippen LogP contribution in [0.15, 0.2) is 91.3 Å². The van der Waals surface area contributed by atoms with Gasteiger partial charge in [-0.1, -0.05) is 66.7 Å². The molecule has 0 aliphatic rings. The second-order valence-electron chi connectivity index (χ2n) is 7.07. The number of hydrogen-bond acceptors (Lipinski definition) is 2. The molecule has 2 heterocycles. The van der Waals surface area contributed by atoms with Crippen LogP contribution in [0, 0.1) is 0 Å². The Balaban J connectivity index is 1.47. The first-order chi connectivity index (χ1) is 13.8. The fraction of sp³-hybridized carbons (Fsp3) is 0.125. The lowest BCUT2D eigenvalue weighted by Gasteiger charge is -2.16. The molecular weight excluding hydrogens is 346 g/mol. The molecule has 4 nitrogen and oxygen atoms in total. The van der Waals surface area contributed by atoms with Crippen molar-refractivity contribution in [2.24, 2.45) is 0 Å². The molecule has 3 aromatic carbocycles. The molecule has 0 aliphatic heterocycles. The number of para-hydroxylation sites is 2. The molecule has 2 aromatic heterocycles. The number of fused-ring (bicyclic) bond motifs is 3. The van der Waals surface area contributed by atoms with Gasteiger partial charge < -0.3 is 14.2 Å². The molecule has 28 heavy (non-hydrogen) atoms. The van der Waals surface area contributed by atoms with E-state index in [0.717, 1.165) is 22.4 Å². The summed E-state index contributed by atoms with van der Waals surface area (Å²) in [5, 5.41) is 13.4. The first kappa shape index (κ1) is 16.8. The lowest BCUT2D eigenvalue weighted by atomic mass is 10.2. The van der Waals surface area contributed by atoms with Gasteiger partial charge in [-0.05, 0) is 12.1 Å². The van der Waals surface area contributed by atoms with Crippen LogP contribution in [-0.2, 0) is 13.1 Å². The van der Waals surface area contributed by atoms with Crippen LogP contribution >= 0.6 is 0 Å². The van der Waals surface area contributed by atoms with Crippen molar-refractivity contribution in [1.29, 1.82) is 0 Å². The van der Waals surface area contributed by atoms with E-state index in [2.05, 4.69) is 45.9 Å². The Kier molecular flexibility index (Phi) is 4.18. The standard InChI is InChI=1S/C24H21N3O/c28-19(16-26-15-14-25-24(26)18-8-2-1-3-9-18)17-27-22-12-6-4-10-20(22)21-11-5-7-13-23(21)27/h1-15,19,28H,16-17H2. The molecule has 5 aromatic rings. The third-order valence-corrected chi connectivity index (χ3v) is 5.23. The minimum Gasteiger partial charge on any atom is -0.389 e. The highest BCUT2D eigenvalue weighted by atomic mass is 16.3. The van der Waals surface area contributed by atoms with E-state index in [0.29, 0.717) is 13.1 Å². The average Bonchev–Trinajstić information content (AvgIpc) is 3.32. The summed E-state index contributed by atoms with van der Waals surface area (Å²) in [5.74, 6) is 0.877. The fourth-order valence-electron chi connectivity index (χ4n) is 4.00. The maximum atomic E-state index is 10.9. The van der Waals surface area contributed by atoms with Crippen molar-refractivity contribution < 1.29 is 5.11 Å². The molecular formula is C24H21N3O. The number of rotatable bonds is 5. The van der Waals surface area contributed by atoms with E-state index in [9.17, 15) is 5.11 Å². The molecule has 138 valence electrons. The van der Waals surface area contributed by atoms with Crippen molar-refractivity contribution in [3.05, 3.63) is 91.3 Å². The maximum absolute atomic E-state index is 10.9. The van der Waals surface area contributed by atoms with Crippen molar-refractivity contribution in [1.82, 2.24) is 14.1 Å². The van der Waals surface area contributed by atoms with Crippen molar-refractivity contribution in [2.45, 2.75) is 19.2 Å². The summed E-state index contributed by atoms with van der Waals surface area (Å²) in [7, 11) is 0. The number of benzene rings is 3. The lowest BCUT2D eigenvalue weighted by molar-refractivity contribution is 0.137. The van der Waals surface area contributed by atoms with Crippen LogP contribution in [0.5, 0.6) is 0 Å². The van der Waals surface area contributed by atoms with E-state index in [4.69, 9.17) is 0 Å². The number of aromatic nitrogens is 3. The predicted molar refractivity (Wildman–Crippen MR) is 113 cm³/mol. The van der Waals surface area contributed by atoms with Gasteiger partial charge >= 0.3 is 0 Å². The van der Waals surface area contributed by atoms with Gasteiger partial charge in [0.15, 0.2) is 0 Å². The second-order valence-corrected chi connectivity index (χ2v) is 7.07. The minimum atomic E-state index is -0.532. The molecule has 1 N–H and O–H groups in total. The average molecular weight is 367 g/mol. The minimum absolute atomic E-state index is 0.491. The molecule has 0 amide bonds. The molecule has 0 saturated carbocycles. The molecule has 0 spiro atoms. The number of hydrogen-bond donors (Lipinski definition) is 1. The van der Waals surface area contributed by atoms with E-state index in [1.807, 2.05) is 53.2 Å². The van der Waals surface area contributed by atoms with E-state index in [1.165, 1.54) is 10.8 Å². The largest absolute Gasteiger partial charge is 0.389 e. The van der Waals surface area contributed by atoms with Gasteiger partial charge in [0.25, 0.3) is 0 Å². The molecule has 0 radical (unpaired) electrons. The molecule has 0 aliphatic carbocycles. The van der Waals surface area contributed by atoms with Gasteiger partial charge in [-0.25, -0.2) is 4.98 Å². The van der Waals surface area contributed by atoms with E-state index >= 15 is 0 Å². The zero-order chi connectivity index (χ0) is 18.9. The number of aliphatic hydroxyl groups excluding tert-OH is 1. The molecule has 0 saturated heterocycles. The van der Waals surface area contributed by atoms with Gasteiger partial charge in [-0.15, -0.1) is 0 Å². The SMILES string of the molecule is OC(Cn1ccnc1-c1ccccc1)Cn1c2ccccc2c2ccccc21. The smallest absolute Gasteiger partial charge is 0.139 e. The van der Waals surface area contributed by atoms with E-state index in [-0.39, 0.29) is 0 Å². The highest BCUT2D eigenvalue weighted by Gasteiger charge is 2.15. The van der Waals surface area contributed by atoms with Crippen LogP contribution in [0.4, 0.5) is 0 Å². The third kappa shape index (κ3) is 2.88. The molecule has 4 heteroatoms. The Hall–Kier alpha value is -3.37. The van der Waals surface area contributed by atoms with Crippen LogP contribution in [0.25, 0.3) is 33.2 Å². The Labute approximate surface area is 163 Å². The van der Waals surface area contributed by atoms with Crippen LogP contribution in [0.1, 0.15) is 0 Å². The number of imidazole rings is 1. The molecule has 0 fully saturated rings. The third-order valence-electron chi connectivity index (χ3n) is 5.23. The second kappa shape index (κ2) is 6.98. The monoisotopic (exact) mass is 367 g/mol. The highest BCUT2D eigenvalue weighted by molar-refractivity contribution is 6.07. The molecule has 1 atom stereocenters. The number of nitrogens with zero attached hydrogens (tertiary/aromatic N) is 3. The normalized spacial score (nSPS) is 12.6. The number of aliphatic hydroxyl groups is 1. The fourth-order valence-corrected chi connectivity index (χ4v) is 4.00. The van der Waals surface area contributed by atoms with Gasteiger partial charge in [0.2, 0.25) is 0 Å². The van der Waals surface area contributed by atoms with E-state index < -0.39 is 6.10 Å². The zero-order valence-corrected chi connectivity index (χ0v) is 15.4. The first-order valence-electron chi connectivity index (χ1n) is 9.52. The van der Waals surface area contributed by atoms with Crippen LogP contribution in [0.3, 0.4) is 0 Å². The first-order valence-corrected chi connectivity index (χ1v) is 9.52. The Bertz CT molecular complexity index is 1180. The van der Waals surface area contributed by atoms with Crippen LogP contribution in [-0.4, -0.2) is 25.3 Å². The van der Waals surface area contributed by atoms with Gasteiger partial charge in [0.1, 0.15) is 5.82 Å². The van der Waals surface area contributed by atoms with Gasteiger partial charge in [0, 0.05) is 39.8 Å². The van der Waals surface area contributed by atoms with Crippen molar-refractivity contribution in [3.8, 4) is 11.4 Å². The Morgan fingerprint density at radius 1 is 0.750 bits per heavy atom. The summed E-state index contributed by atoms with van der Waals surface area (Å²) in [6.45, 7) is 1.02. The molecule has 1 unspecified atom stereocenters. The lowest BCUT2D eigenvalue weighted by Crippen LogP contribution is -2.22.